The molecule has 0 aromatic heterocycles. The van der Waals surface area contributed by atoms with Crippen molar-refractivity contribution in [2.24, 2.45) is 0 Å². The Morgan fingerprint density at radius 3 is 2.80 bits per heavy atom. The molecule has 7 nitrogen and oxygen atoms in total. The van der Waals surface area contributed by atoms with Crippen molar-refractivity contribution in [3.63, 3.8) is 0 Å². The number of carbonyl (C=O) groups excluding carboxylic acids is 2. The maximum absolute atomic E-state index is 11.9. The van der Waals surface area contributed by atoms with E-state index in [1.807, 2.05) is 0 Å². The first-order valence-electron chi connectivity index (χ1n) is 6.10. The van der Waals surface area contributed by atoms with Gasteiger partial charge < -0.3 is 16.2 Å². The number of carboxylic acids is 1. The van der Waals surface area contributed by atoms with E-state index in [4.69, 9.17) is 10.8 Å². The predicted octanol–water partition coefficient (Wildman–Crippen LogP) is 0.526. The summed E-state index contributed by atoms with van der Waals surface area (Å²) in [5, 5.41) is 11.9. The Balaban J connectivity index is 2.18. The molecule has 0 spiro atoms. The number of imide groups is 1. The second-order valence-corrected chi connectivity index (χ2v) is 4.63. The molecule has 2 amide bonds. The van der Waals surface area contributed by atoms with Crippen LogP contribution in [0.15, 0.2) is 18.2 Å². The first-order chi connectivity index (χ1) is 9.40. The van der Waals surface area contributed by atoms with Gasteiger partial charge in [0.2, 0.25) is 5.91 Å². The highest BCUT2D eigenvalue weighted by molar-refractivity contribution is 6.01. The summed E-state index contributed by atoms with van der Waals surface area (Å²) in [6.45, 7) is 0. The molecule has 0 aliphatic carbocycles. The SMILES string of the molecule is CN1C(=O)CCC(Nc2ccc(N)c(C(=O)O)c2)C1=O. The van der Waals surface area contributed by atoms with Gasteiger partial charge in [0, 0.05) is 24.8 Å². The molecule has 1 aromatic rings. The smallest absolute Gasteiger partial charge is 0.337 e. The standard InChI is InChI=1S/C13H15N3O4/c1-16-11(17)5-4-10(12(16)18)15-7-2-3-9(14)8(6-7)13(19)20/h2-3,6,10,15H,4-5,14H2,1H3,(H,19,20). The number of nitrogens with zero attached hydrogens (tertiary/aromatic N) is 1. The fraction of sp³-hybridized carbons (Fsp3) is 0.308. The quantitative estimate of drug-likeness (QED) is 0.548. The molecule has 0 radical (unpaired) electrons. The molecule has 0 saturated carbocycles. The lowest BCUT2D eigenvalue weighted by Gasteiger charge is -2.28. The summed E-state index contributed by atoms with van der Waals surface area (Å²) in [6, 6.07) is 3.91. The number of rotatable bonds is 3. The van der Waals surface area contributed by atoms with E-state index in [9.17, 15) is 14.4 Å². The Bertz CT molecular complexity index is 585. The number of benzene rings is 1. The Kier molecular flexibility index (Phi) is 3.60. The monoisotopic (exact) mass is 277 g/mol. The Morgan fingerprint density at radius 1 is 1.45 bits per heavy atom. The van der Waals surface area contributed by atoms with Crippen LogP contribution in [0.2, 0.25) is 0 Å². The van der Waals surface area contributed by atoms with Crippen LogP contribution < -0.4 is 11.1 Å². The van der Waals surface area contributed by atoms with E-state index in [0.717, 1.165) is 4.90 Å². The third-order valence-corrected chi connectivity index (χ3v) is 3.27. The van der Waals surface area contributed by atoms with Gasteiger partial charge in [0.15, 0.2) is 0 Å². The number of piperidine rings is 1. The highest BCUT2D eigenvalue weighted by Crippen LogP contribution is 2.21. The molecule has 1 unspecified atom stereocenters. The largest absolute Gasteiger partial charge is 0.478 e. The number of hydrogen-bond acceptors (Lipinski definition) is 5. The molecule has 1 aliphatic heterocycles. The summed E-state index contributed by atoms with van der Waals surface area (Å²) in [4.78, 5) is 35.4. The molecule has 1 fully saturated rings. The maximum atomic E-state index is 11.9. The minimum absolute atomic E-state index is 0.0253. The average Bonchev–Trinajstić information content (AvgIpc) is 2.41. The highest BCUT2D eigenvalue weighted by Gasteiger charge is 2.31. The van der Waals surface area contributed by atoms with Crippen molar-refractivity contribution in [3.05, 3.63) is 23.8 Å². The number of likely N-dealkylation sites (N-methyl/N-ethyl adjacent to an activating group) is 1. The number of amides is 2. The third kappa shape index (κ3) is 2.56. The van der Waals surface area contributed by atoms with Gasteiger partial charge in [0.1, 0.15) is 6.04 Å². The van der Waals surface area contributed by atoms with Gasteiger partial charge in [0.25, 0.3) is 5.91 Å². The van der Waals surface area contributed by atoms with Gasteiger partial charge in [-0.3, -0.25) is 14.5 Å². The number of aromatic carboxylic acids is 1. The third-order valence-electron chi connectivity index (χ3n) is 3.27. The summed E-state index contributed by atoms with van der Waals surface area (Å²) >= 11 is 0. The molecule has 1 aliphatic rings. The minimum Gasteiger partial charge on any atom is -0.478 e. The van der Waals surface area contributed by atoms with Crippen molar-refractivity contribution >= 4 is 29.2 Å². The molecule has 0 bridgehead atoms. The van der Waals surface area contributed by atoms with Gasteiger partial charge in [-0.15, -0.1) is 0 Å². The zero-order chi connectivity index (χ0) is 14.9. The number of carbonyl (C=O) groups is 3. The fourth-order valence-corrected chi connectivity index (χ4v) is 2.08. The molecule has 106 valence electrons. The van der Waals surface area contributed by atoms with Crippen LogP contribution in [0.4, 0.5) is 11.4 Å². The maximum Gasteiger partial charge on any atom is 0.337 e. The first kappa shape index (κ1) is 13.9. The molecule has 2 rings (SSSR count). The van der Waals surface area contributed by atoms with E-state index in [1.54, 1.807) is 6.07 Å². The zero-order valence-electron chi connectivity index (χ0n) is 10.9. The Morgan fingerprint density at radius 2 is 2.15 bits per heavy atom. The van der Waals surface area contributed by atoms with Gasteiger partial charge >= 0.3 is 5.97 Å². The van der Waals surface area contributed by atoms with Crippen molar-refractivity contribution in [2.45, 2.75) is 18.9 Å². The second kappa shape index (κ2) is 5.20. The molecule has 4 N–H and O–H groups in total. The first-order valence-corrected chi connectivity index (χ1v) is 6.10. The van der Waals surface area contributed by atoms with E-state index in [1.165, 1.54) is 19.2 Å². The summed E-state index contributed by atoms with van der Waals surface area (Å²) in [5.41, 5.74) is 6.18. The van der Waals surface area contributed by atoms with E-state index in [0.29, 0.717) is 12.1 Å². The lowest BCUT2D eigenvalue weighted by atomic mass is 10.0. The van der Waals surface area contributed by atoms with Crippen LogP contribution in [0.25, 0.3) is 0 Å². The van der Waals surface area contributed by atoms with Crippen LogP contribution in [0, 0.1) is 0 Å². The molecule has 7 heteroatoms. The van der Waals surface area contributed by atoms with Crippen LogP contribution in [0.3, 0.4) is 0 Å². The Hall–Kier alpha value is -2.57. The van der Waals surface area contributed by atoms with E-state index in [2.05, 4.69) is 5.32 Å². The molecule has 1 aromatic carbocycles. The highest BCUT2D eigenvalue weighted by atomic mass is 16.4. The average molecular weight is 277 g/mol. The van der Waals surface area contributed by atoms with Gasteiger partial charge in [-0.1, -0.05) is 0 Å². The lowest BCUT2D eigenvalue weighted by Crippen LogP contribution is -2.48. The fourth-order valence-electron chi connectivity index (χ4n) is 2.08. The van der Waals surface area contributed by atoms with Gasteiger partial charge in [-0.05, 0) is 24.6 Å². The summed E-state index contributed by atoms with van der Waals surface area (Å²) < 4.78 is 0. The number of nitrogens with two attached hydrogens (primary N) is 1. The molecule has 1 saturated heterocycles. The minimum atomic E-state index is -1.13. The molecular weight excluding hydrogens is 262 g/mol. The van der Waals surface area contributed by atoms with Crippen LogP contribution in [-0.4, -0.2) is 40.9 Å². The molecule has 20 heavy (non-hydrogen) atoms. The number of nitrogens with one attached hydrogen (secondary N) is 1. The predicted molar refractivity (Wildman–Crippen MR) is 72.2 cm³/mol. The van der Waals surface area contributed by atoms with E-state index >= 15 is 0 Å². The van der Waals surface area contributed by atoms with Gasteiger partial charge in [-0.2, -0.15) is 0 Å². The molecular formula is C13H15N3O4. The number of carboxylic acid groups (broad SMARTS) is 1. The summed E-state index contributed by atoms with van der Waals surface area (Å²) in [5.74, 6) is -1.67. The van der Waals surface area contributed by atoms with Crippen molar-refractivity contribution in [1.29, 1.82) is 0 Å². The molecule has 1 heterocycles. The summed E-state index contributed by atoms with van der Waals surface area (Å²) in [6.07, 6.45) is 0.662. The van der Waals surface area contributed by atoms with Crippen LogP contribution in [-0.2, 0) is 9.59 Å². The van der Waals surface area contributed by atoms with Crippen LogP contribution >= 0.6 is 0 Å². The van der Waals surface area contributed by atoms with E-state index in [-0.39, 0.29) is 29.5 Å². The van der Waals surface area contributed by atoms with Crippen LogP contribution in [0.1, 0.15) is 23.2 Å². The second-order valence-electron chi connectivity index (χ2n) is 4.63. The van der Waals surface area contributed by atoms with E-state index < -0.39 is 12.0 Å². The summed E-state index contributed by atoms with van der Waals surface area (Å²) in [7, 11) is 1.43. The van der Waals surface area contributed by atoms with Gasteiger partial charge in [0.05, 0.1) is 5.56 Å². The Labute approximate surface area is 115 Å². The number of anilines is 2. The number of likely N-dealkylation sites (tertiary alicyclic amines) is 1. The lowest BCUT2D eigenvalue weighted by molar-refractivity contribution is -0.146. The molecule has 1 atom stereocenters. The number of hydrogen-bond donors (Lipinski definition) is 3. The zero-order valence-corrected chi connectivity index (χ0v) is 10.9. The van der Waals surface area contributed by atoms with Crippen LogP contribution in [0.5, 0.6) is 0 Å². The topological polar surface area (TPSA) is 113 Å². The van der Waals surface area contributed by atoms with Crippen molar-refractivity contribution in [2.75, 3.05) is 18.1 Å². The van der Waals surface area contributed by atoms with Gasteiger partial charge in [-0.25, -0.2) is 4.79 Å². The normalized spacial score (nSPS) is 19.1. The van der Waals surface area contributed by atoms with Crippen molar-refractivity contribution in [1.82, 2.24) is 4.90 Å². The van der Waals surface area contributed by atoms with Crippen molar-refractivity contribution < 1.29 is 19.5 Å². The number of nitrogen functional groups attached to an aromatic ring is 1. The van der Waals surface area contributed by atoms with Crippen molar-refractivity contribution in [3.8, 4) is 0 Å².